The fraction of sp³-hybridized carbons (Fsp3) is 0.148. The van der Waals surface area contributed by atoms with E-state index in [1.165, 1.54) is 24.1 Å². The van der Waals surface area contributed by atoms with Crippen LogP contribution in [0, 0.1) is 6.92 Å². The van der Waals surface area contributed by atoms with Crippen molar-refractivity contribution in [2.24, 2.45) is 0 Å². The van der Waals surface area contributed by atoms with Gasteiger partial charge >= 0.3 is 6.18 Å². The summed E-state index contributed by atoms with van der Waals surface area (Å²) >= 11 is 0. The van der Waals surface area contributed by atoms with Crippen LogP contribution in [0.5, 0.6) is 11.5 Å². The van der Waals surface area contributed by atoms with Gasteiger partial charge in [-0.1, -0.05) is 24.3 Å². The summed E-state index contributed by atoms with van der Waals surface area (Å²) in [5.41, 5.74) is 2.02. The van der Waals surface area contributed by atoms with Crippen LogP contribution in [0.25, 0.3) is 39.9 Å². The normalized spacial score (nSPS) is 11.5. The van der Waals surface area contributed by atoms with Gasteiger partial charge in [0.15, 0.2) is 11.5 Å². The lowest BCUT2D eigenvalue weighted by Gasteiger charge is -2.12. The molecule has 10 heteroatoms. The summed E-state index contributed by atoms with van der Waals surface area (Å²) in [4.78, 5) is 8.27. The van der Waals surface area contributed by atoms with Crippen molar-refractivity contribution < 1.29 is 27.1 Å². The average Bonchev–Trinajstić information content (AvgIpc) is 3.56. The van der Waals surface area contributed by atoms with E-state index in [2.05, 4.69) is 9.97 Å². The highest BCUT2D eigenvalue weighted by Crippen LogP contribution is 2.37. The van der Waals surface area contributed by atoms with Gasteiger partial charge in [-0.2, -0.15) is 23.0 Å². The van der Waals surface area contributed by atoms with Crippen LogP contribution in [0.2, 0.25) is 0 Å². The van der Waals surface area contributed by atoms with Crippen LogP contribution in [-0.4, -0.2) is 34.0 Å². The van der Waals surface area contributed by atoms with E-state index in [1.807, 2.05) is 25.1 Å². The molecule has 0 unspecified atom stereocenters. The van der Waals surface area contributed by atoms with Gasteiger partial charge in [0.25, 0.3) is 5.95 Å². The van der Waals surface area contributed by atoms with Crippen molar-refractivity contribution >= 4 is 0 Å². The molecule has 0 fully saturated rings. The molecular formula is C27H21F3N4O3. The molecule has 0 amide bonds. The second-order valence-corrected chi connectivity index (χ2v) is 8.11. The number of hydrogen-bond acceptors (Lipinski definition) is 6. The molecule has 0 bridgehead atoms. The number of benzene rings is 2. The summed E-state index contributed by atoms with van der Waals surface area (Å²) < 4.78 is 59.0. The summed E-state index contributed by atoms with van der Waals surface area (Å²) in [5.74, 6) is 1.11. The first-order valence-electron chi connectivity index (χ1n) is 11.2. The first-order chi connectivity index (χ1) is 17.8. The van der Waals surface area contributed by atoms with Crippen LogP contribution in [0.1, 0.15) is 11.3 Å². The van der Waals surface area contributed by atoms with E-state index in [0.29, 0.717) is 34.0 Å². The van der Waals surface area contributed by atoms with Gasteiger partial charge in [0.05, 0.1) is 31.9 Å². The molecule has 3 aromatic heterocycles. The monoisotopic (exact) mass is 506 g/mol. The number of alkyl halides is 3. The minimum Gasteiger partial charge on any atom is -0.497 e. The van der Waals surface area contributed by atoms with Crippen molar-refractivity contribution in [2.75, 3.05) is 14.2 Å². The summed E-state index contributed by atoms with van der Waals surface area (Å²) in [6.45, 7) is 1.84. The first-order valence-corrected chi connectivity index (χ1v) is 11.2. The Kier molecular flexibility index (Phi) is 6.16. The van der Waals surface area contributed by atoms with E-state index in [-0.39, 0.29) is 17.4 Å². The highest BCUT2D eigenvalue weighted by Gasteiger charge is 2.35. The number of hydrogen-bond donors (Lipinski definition) is 0. The van der Waals surface area contributed by atoms with Crippen molar-refractivity contribution in [3.8, 4) is 51.4 Å². The minimum absolute atomic E-state index is 0.0185. The standard InChI is InChI=1S/C27H21F3N4O3/c1-16-24(17-7-4-9-19(13-17)35-2)33-34(25(16)18-8-5-10-20(14-18)36-3)26-31-21(22-11-6-12-37-22)15-23(32-26)27(28,29)30/h4-15H,1-3H3. The Morgan fingerprint density at radius 1 is 0.838 bits per heavy atom. The maximum absolute atomic E-state index is 13.9. The third kappa shape index (κ3) is 4.65. The van der Waals surface area contributed by atoms with Crippen molar-refractivity contribution in [3.05, 3.63) is 84.3 Å². The second kappa shape index (κ2) is 9.45. The molecular weight excluding hydrogens is 485 g/mol. The lowest BCUT2D eigenvalue weighted by Crippen LogP contribution is -2.14. The Balaban J connectivity index is 1.80. The molecule has 0 atom stereocenters. The summed E-state index contributed by atoms with van der Waals surface area (Å²) in [6, 6.07) is 18.4. The molecule has 0 saturated heterocycles. The molecule has 0 radical (unpaired) electrons. The molecule has 0 saturated carbocycles. The summed E-state index contributed by atoms with van der Waals surface area (Å²) in [6.07, 6.45) is -3.35. The van der Waals surface area contributed by atoms with Gasteiger partial charge in [0.1, 0.15) is 17.2 Å². The zero-order valence-electron chi connectivity index (χ0n) is 20.1. The third-order valence-electron chi connectivity index (χ3n) is 5.78. The summed E-state index contributed by atoms with van der Waals surface area (Å²) in [7, 11) is 3.09. The van der Waals surface area contributed by atoms with E-state index in [4.69, 9.17) is 19.0 Å². The predicted molar refractivity (Wildman–Crippen MR) is 131 cm³/mol. The highest BCUT2D eigenvalue weighted by molar-refractivity contribution is 5.76. The van der Waals surface area contributed by atoms with Gasteiger partial charge in [-0.25, -0.2) is 9.97 Å². The van der Waals surface area contributed by atoms with Crippen molar-refractivity contribution in [1.29, 1.82) is 0 Å². The molecule has 3 heterocycles. The number of nitrogens with zero attached hydrogens (tertiary/aromatic N) is 4. The smallest absolute Gasteiger partial charge is 0.433 e. The van der Waals surface area contributed by atoms with Gasteiger partial charge < -0.3 is 13.9 Å². The van der Waals surface area contributed by atoms with Crippen LogP contribution in [-0.2, 0) is 6.18 Å². The second-order valence-electron chi connectivity index (χ2n) is 8.11. The fourth-order valence-electron chi connectivity index (χ4n) is 4.02. The Hall–Kier alpha value is -4.60. The van der Waals surface area contributed by atoms with Gasteiger partial charge in [-0.15, -0.1) is 0 Å². The first kappa shape index (κ1) is 24.1. The summed E-state index contributed by atoms with van der Waals surface area (Å²) in [5, 5.41) is 4.70. The van der Waals surface area contributed by atoms with Gasteiger partial charge in [-0.05, 0) is 49.4 Å². The molecule has 2 aromatic carbocycles. The van der Waals surface area contributed by atoms with Crippen LogP contribution >= 0.6 is 0 Å². The third-order valence-corrected chi connectivity index (χ3v) is 5.78. The molecule has 5 aromatic rings. The Morgan fingerprint density at radius 2 is 1.51 bits per heavy atom. The fourth-order valence-corrected chi connectivity index (χ4v) is 4.02. The molecule has 0 aliphatic rings. The topological polar surface area (TPSA) is 75.2 Å². The van der Waals surface area contributed by atoms with E-state index in [9.17, 15) is 13.2 Å². The van der Waals surface area contributed by atoms with Crippen LogP contribution in [0.15, 0.2) is 77.4 Å². The van der Waals surface area contributed by atoms with E-state index in [1.54, 1.807) is 43.5 Å². The van der Waals surface area contributed by atoms with E-state index >= 15 is 0 Å². The number of halogens is 3. The predicted octanol–water partition coefficient (Wildman–Crippen LogP) is 6.60. The minimum atomic E-state index is -4.72. The Labute approximate surface area is 210 Å². The molecule has 5 rings (SSSR count). The number of furan rings is 1. The van der Waals surface area contributed by atoms with Gasteiger partial charge in [-0.3, -0.25) is 0 Å². The lowest BCUT2D eigenvalue weighted by molar-refractivity contribution is -0.141. The Morgan fingerprint density at radius 3 is 2.14 bits per heavy atom. The number of rotatable bonds is 6. The molecule has 7 nitrogen and oxygen atoms in total. The zero-order valence-corrected chi connectivity index (χ0v) is 20.1. The largest absolute Gasteiger partial charge is 0.497 e. The van der Waals surface area contributed by atoms with E-state index < -0.39 is 11.9 Å². The van der Waals surface area contributed by atoms with Crippen molar-refractivity contribution in [2.45, 2.75) is 13.1 Å². The average molecular weight is 506 g/mol. The van der Waals surface area contributed by atoms with Crippen LogP contribution < -0.4 is 9.47 Å². The SMILES string of the molecule is COc1cccc(-c2nn(-c3nc(-c4ccco4)cc(C(F)(F)F)n3)c(-c3cccc(OC)c3)c2C)c1. The molecule has 0 aliphatic carbocycles. The van der Waals surface area contributed by atoms with E-state index in [0.717, 1.165) is 11.6 Å². The molecule has 0 N–H and O–H groups in total. The number of methoxy groups -OCH3 is 2. The maximum Gasteiger partial charge on any atom is 0.433 e. The molecule has 0 spiro atoms. The van der Waals surface area contributed by atoms with Gasteiger partial charge in [0, 0.05) is 16.7 Å². The maximum atomic E-state index is 13.9. The van der Waals surface area contributed by atoms with Crippen LogP contribution in [0.4, 0.5) is 13.2 Å². The molecule has 188 valence electrons. The Bertz CT molecular complexity index is 1560. The highest BCUT2D eigenvalue weighted by atomic mass is 19.4. The zero-order chi connectivity index (χ0) is 26.2. The quantitative estimate of drug-likeness (QED) is 0.258. The van der Waals surface area contributed by atoms with Gasteiger partial charge in [0.2, 0.25) is 0 Å². The van der Waals surface area contributed by atoms with Crippen molar-refractivity contribution in [3.63, 3.8) is 0 Å². The lowest BCUT2D eigenvalue weighted by atomic mass is 10.0. The van der Waals surface area contributed by atoms with Crippen molar-refractivity contribution in [1.82, 2.24) is 19.7 Å². The number of ether oxygens (including phenoxy) is 2. The van der Waals surface area contributed by atoms with Crippen LogP contribution in [0.3, 0.4) is 0 Å². The molecule has 37 heavy (non-hydrogen) atoms. The molecule has 0 aliphatic heterocycles. The number of aromatic nitrogens is 4.